The summed E-state index contributed by atoms with van der Waals surface area (Å²) in [5, 5.41) is 2.59. The van der Waals surface area contributed by atoms with Crippen LogP contribution < -0.4 is 16.3 Å². The van der Waals surface area contributed by atoms with Gasteiger partial charge in [-0.3, -0.25) is 9.59 Å². The molecule has 0 spiro atoms. The summed E-state index contributed by atoms with van der Waals surface area (Å²) in [7, 11) is 1.35. The third-order valence-corrected chi connectivity index (χ3v) is 5.15. The van der Waals surface area contributed by atoms with Crippen LogP contribution in [0.4, 0.5) is 4.39 Å². The maximum absolute atomic E-state index is 14.6. The molecule has 1 amide bonds. The molecule has 28 heavy (non-hydrogen) atoms. The van der Waals surface area contributed by atoms with Crippen LogP contribution in [0, 0.1) is 18.6 Å². The highest BCUT2D eigenvalue weighted by Crippen LogP contribution is 2.41. The van der Waals surface area contributed by atoms with Crippen molar-refractivity contribution in [1.29, 1.82) is 0 Å². The highest BCUT2D eigenvalue weighted by Gasteiger charge is 2.34. The molecule has 6 heteroatoms. The molecular formula is C22H22FN3O2. The van der Waals surface area contributed by atoms with Crippen LogP contribution >= 0.6 is 0 Å². The molecule has 0 unspecified atom stereocenters. The van der Waals surface area contributed by atoms with Crippen LogP contribution in [0.1, 0.15) is 44.6 Å². The maximum Gasteiger partial charge on any atom is 0.279 e. The Bertz CT molecular complexity index is 1200. The standard InChI is InChI=1S/C22H22FN3O2/c1-13-18(16-9-6-10-17(23)19(16)22(28)26(13)24-2)21(27)25-20(15-11-12-15)14-7-4-3-5-8-14/h3-10,15,20,24H,11-12H2,1-2H3,(H,25,27)/t20-/m1/s1/i1D3. The van der Waals surface area contributed by atoms with Gasteiger partial charge in [0, 0.05) is 16.5 Å². The third kappa shape index (κ3) is 3.05. The lowest BCUT2D eigenvalue weighted by molar-refractivity contribution is 0.0932. The van der Waals surface area contributed by atoms with Crippen LogP contribution in [-0.2, 0) is 0 Å². The predicted molar refractivity (Wildman–Crippen MR) is 108 cm³/mol. The topological polar surface area (TPSA) is 63.1 Å². The highest BCUT2D eigenvalue weighted by molar-refractivity contribution is 6.08. The Hall–Kier alpha value is -3.15. The Kier molecular flexibility index (Phi) is 3.77. The van der Waals surface area contributed by atoms with E-state index >= 15 is 0 Å². The number of halogens is 1. The summed E-state index contributed by atoms with van der Waals surface area (Å²) in [4.78, 5) is 26.4. The van der Waals surface area contributed by atoms with E-state index in [-0.39, 0.29) is 28.3 Å². The van der Waals surface area contributed by atoms with Gasteiger partial charge in [-0.15, -0.1) is 0 Å². The van der Waals surface area contributed by atoms with Crippen molar-refractivity contribution < 1.29 is 13.3 Å². The first-order chi connectivity index (χ1) is 14.7. The molecule has 1 fully saturated rings. The van der Waals surface area contributed by atoms with E-state index in [1.807, 2.05) is 30.3 Å². The molecule has 0 bridgehead atoms. The Morgan fingerprint density at radius 1 is 1.21 bits per heavy atom. The molecule has 4 rings (SSSR count). The number of fused-ring (bicyclic) bond motifs is 1. The van der Waals surface area contributed by atoms with E-state index < -0.39 is 29.8 Å². The highest BCUT2D eigenvalue weighted by atomic mass is 19.1. The van der Waals surface area contributed by atoms with Gasteiger partial charge in [-0.05, 0) is 37.2 Å². The first-order valence-electron chi connectivity index (χ1n) is 10.6. The molecule has 1 aromatic heterocycles. The number of carbonyl (C=O) groups excluding carboxylic acids is 1. The molecule has 2 N–H and O–H groups in total. The van der Waals surface area contributed by atoms with Crippen molar-refractivity contribution in [2.45, 2.75) is 25.7 Å². The van der Waals surface area contributed by atoms with E-state index in [4.69, 9.17) is 4.11 Å². The molecule has 1 heterocycles. The monoisotopic (exact) mass is 382 g/mol. The summed E-state index contributed by atoms with van der Waals surface area (Å²) in [6, 6.07) is 13.0. The van der Waals surface area contributed by atoms with E-state index in [0.717, 1.165) is 29.1 Å². The molecule has 0 saturated heterocycles. The van der Waals surface area contributed by atoms with Crippen LogP contribution in [0.15, 0.2) is 53.3 Å². The zero-order chi connectivity index (χ0) is 22.3. The van der Waals surface area contributed by atoms with Gasteiger partial charge >= 0.3 is 0 Å². The minimum absolute atomic E-state index is 0.0252. The first kappa shape index (κ1) is 14.9. The van der Waals surface area contributed by atoms with E-state index in [0.29, 0.717) is 0 Å². The predicted octanol–water partition coefficient (Wildman–Crippen LogP) is 3.50. The van der Waals surface area contributed by atoms with E-state index in [1.54, 1.807) is 0 Å². The fourth-order valence-electron chi connectivity index (χ4n) is 3.62. The first-order valence-corrected chi connectivity index (χ1v) is 9.15. The number of hydrogen-bond donors (Lipinski definition) is 2. The van der Waals surface area contributed by atoms with E-state index in [1.165, 1.54) is 19.2 Å². The molecule has 1 atom stereocenters. The molecule has 1 aliphatic carbocycles. The van der Waals surface area contributed by atoms with Gasteiger partial charge in [0.2, 0.25) is 0 Å². The molecule has 144 valence electrons. The Morgan fingerprint density at radius 2 is 1.96 bits per heavy atom. The fourth-order valence-corrected chi connectivity index (χ4v) is 3.62. The number of hydrogen-bond acceptors (Lipinski definition) is 3. The number of aromatic nitrogens is 1. The minimum Gasteiger partial charge on any atom is -0.345 e. The van der Waals surface area contributed by atoms with Crippen LogP contribution in [0.3, 0.4) is 0 Å². The average molecular weight is 382 g/mol. The van der Waals surface area contributed by atoms with Gasteiger partial charge in [-0.2, -0.15) is 0 Å². The normalized spacial score (nSPS) is 16.7. The van der Waals surface area contributed by atoms with Gasteiger partial charge in [-0.1, -0.05) is 42.5 Å². The van der Waals surface area contributed by atoms with Crippen molar-refractivity contribution in [3.8, 4) is 0 Å². The number of benzene rings is 2. The molecule has 3 aromatic rings. The quantitative estimate of drug-likeness (QED) is 0.710. The lowest BCUT2D eigenvalue weighted by atomic mass is 9.99. The van der Waals surface area contributed by atoms with Gasteiger partial charge in [0.1, 0.15) is 5.82 Å². The number of nitrogens with zero attached hydrogens (tertiary/aromatic N) is 1. The number of pyridine rings is 1. The smallest absolute Gasteiger partial charge is 0.279 e. The Balaban J connectivity index is 1.93. The van der Waals surface area contributed by atoms with Crippen molar-refractivity contribution in [2.75, 3.05) is 12.5 Å². The van der Waals surface area contributed by atoms with Crippen LogP contribution in [0.2, 0.25) is 0 Å². The summed E-state index contributed by atoms with van der Waals surface area (Å²) < 4.78 is 39.3. The second-order valence-electron chi connectivity index (χ2n) is 6.95. The summed E-state index contributed by atoms with van der Waals surface area (Å²) in [5.74, 6) is -1.24. The van der Waals surface area contributed by atoms with Gasteiger partial charge < -0.3 is 10.7 Å². The summed E-state index contributed by atoms with van der Waals surface area (Å²) in [6.07, 6.45) is 1.88. The SMILES string of the molecule is [2H]C([2H])([2H])c1c(C(=O)N[C@H](c2ccccc2)C2CC2)c2cccc(F)c2c(=O)n1NC. The van der Waals surface area contributed by atoms with Gasteiger partial charge in [0.25, 0.3) is 11.5 Å². The van der Waals surface area contributed by atoms with Gasteiger partial charge in [-0.25, -0.2) is 9.07 Å². The number of rotatable bonds is 5. The molecule has 0 aliphatic heterocycles. The Morgan fingerprint density at radius 3 is 2.61 bits per heavy atom. The van der Waals surface area contributed by atoms with Gasteiger partial charge in [0.15, 0.2) is 0 Å². The Labute approximate surface area is 166 Å². The van der Waals surface area contributed by atoms with E-state index in [2.05, 4.69) is 10.7 Å². The number of carbonyl (C=O) groups is 1. The second-order valence-corrected chi connectivity index (χ2v) is 6.95. The van der Waals surface area contributed by atoms with Crippen LogP contribution in [0.5, 0.6) is 0 Å². The average Bonchev–Trinajstić information content (AvgIpc) is 3.56. The van der Waals surface area contributed by atoms with Crippen LogP contribution in [-0.4, -0.2) is 17.6 Å². The molecule has 1 saturated carbocycles. The fraction of sp³-hybridized carbons (Fsp3) is 0.273. The summed E-state index contributed by atoms with van der Waals surface area (Å²) >= 11 is 0. The van der Waals surface area contributed by atoms with Gasteiger partial charge in [0.05, 0.1) is 22.7 Å². The second kappa shape index (κ2) is 7.11. The molecule has 2 aromatic carbocycles. The lowest BCUT2D eigenvalue weighted by Gasteiger charge is -2.21. The number of nitrogens with one attached hydrogen (secondary N) is 2. The number of amides is 1. The zero-order valence-corrected chi connectivity index (χ0v) is 15.3. The maximum atomic E-state index is 14.6. The minimum atomic E-state index is -2.79. The summed E-state index contributed by atoms with van der Waals surface area (Å²) in [6.45, 7) is -2.79. The van der Waals surface area contributed by atoms with Crippen LogP contribution in [0.25, 0.3) is 10.8 Å². The third-order valence-electron chi connectivity index (χ3n) is 5.15. The molecule has 0 radical (unpaired) electrons. The largest absolute Gasteiger partial charge is 0.345 e. The molecular weight excluding hydrogens is 357 g/mol. The molecule has 5 nitrogen and oxygen atoms in total. The lowest BCUT2D eigenvalue weighted by Crippen LogP contribution is -2.35. The molecule has 1 aliphatic rings. The van der Waals surface area contributed by atoms with E-state index in [9.17, 15) is 14.0 Å². The summed E-state index contributed by atoms with van der Waals surface area (Å²) in [5.41, 5.74) is 1.84. The van der Waals surface area contributed by atoms with Crippen molar-refractivity contribution >= 4 is 16.7 Å². The van der Waals surface area contributed by atoms with Crippen molar-refractivity contribution in [3.63, 3.8) is 0 Å². The van der Waals surface area contributed by atoms with Crippen molar-refractivity contribution in [1.82, 2.24) is 9.99 Å². The zero-order valence-electron chi connectivity index (χ0n) is 18.3. The van der Waals surface area contributed by atoms with Crippen molar-refractivity contribution in [3.05, 3.63) is 81.5 Å². The van der Waals surface area contributed by atoms with Crippen molar-refractivity contribution in [2.24, 2.45) is 5.92 Å².